The van der Waals surface area contributed by atoms with Crippen LogP contribution in [0.4, 0.5) is 5.69 Å². The molecule has 2 amide bonds. The molecule has 0 aromatic heterocycles. The van der Waals surface area contributed by atoms with Gasteiger partial charge in [-0.2, -0.15) is 0 Å². The maximum atomic E-state index is 13.2. The third-order valence-corrected chi connectivity index (χ3v) is 5.12. The van der Waals surface area contributed by atoms with E-state index in [2.05, 4.69) is 0 Å². The Balaban J connectivity index is 1.79. The zero-order valence-electron chi connectivity index (χ0n) is 16.5. The van der Waals surface area contributed by atoms with Crippen molar-refractivity contribution in [2.45, 2.75) is 38.6 Å². The van der Waals surface area contributed by atoms with Crippen LogP contribution in [0.3, 0.4) is 0 Å². The quantitative estimate of drug-likeness (QED) is 0.760. The number of benzene rings is 2. The second-order valence-corrected chi connectivity index (χ2v) is 7.14. The van der Waals surface area contributed by atoms with Gasteiger partial charge in [-0.25, -0.2) is 0 Å². The van der Waals surface area contributed by atoms with Crippen molar-refractivity contribution in [1.29, 1.82) is 0 Å². The fourth-order valence-electron chi connectivity index (χ4n) is 3.48. The van der Waals surface area contributed by atoms with Gasteiger partial charge in [0.2, 0.25) is 11.8 Å². The second-order valence-electron chi connectivity index (χ2n) is 7.14. The Morgan fingerprint density at radius 1 is 1.00 bits per heavy atom. The Morgan fingerprint density at radius 3 is 2.43 bits per heavy atom. The SMILES string of the molecule is COc1ccc(N(Cc2ccccc2)C(=O)CN2CCCCCCC2=O)cc1. The maximum absolute atomic E-state index is 13.2. The molecule has 0 atom stereocenters. The molecule has 1 saturated heterocycles. The van der Waals surface area contributed by atoms with Crippen molar-refractivity contribution in [3.05, 3.63) is 60.2 Å². The summed E-state index contributed by atoms with van der Waals surface area (Å²) >= 11 is 0. The van der Waals surface area contributed by atoms with Gasteiger partial charge in [0, 0.05) is 18.7 Å². The Bertz CT molecular complexity index is 774. The first-order valence-corrected chi connectivity index (χ1v) is 9.93. The van der Waals surface area contributed by atoms with Crippen molar-refractivity contribution in [2.75, 3.05) is 25.1 Å². The second kappa shape index (κ2) is 9.93. The van der Waals surface area contributed by atoms with Crippen molar-refractivity contribution >= 4 is 17.5 Å². The number of hydrogen-bond acceptors (Lipinski definition) is 3. The highest BCUT2D eigenvalue weighted by molar-refractivity contribution is 5.96. The summed E-state index contributed by atoms with van der Waals surface area (Å²) in [6.45, 7) is 1.25. The third-order valence-electron chi connectivity index (χ3n) is 5.12. The summed E-state index contributed by atoms with van der Waals surface area (Å²) in [7, 11) is 1.62. The third kappa shape index (κ3) is 5.35. The van der Waals surface area contributed by atoms with Crippen LogP contribution in [0, 0.1) is 0 Å². The minimum absolute atomic E-state index is 0.0667. The number of rotatable bonds is 6. The van der Waals surface area contributed by atoms with Crippen molar-refractivity contribution in [2.24, 2.45) is 0 Å². The van der Waals surface area contributed by atoms with E-state index < -0.39 is 0 Å². The molecule has 0 radical (unpaired) electrons. The van der Waals surface area contributed by atoms with Crippen LogP contribution in [-0.4, -0.2) is 36.9 Å². The molecule has 3 rings (SSSR count). The van der Waals surface area contributed by atoms with E-state index in [4.69, 9.17) is 4.74 Å². The molecule has 2 aromatic carbocycles. The standard InChI is InChI=1S/C23H28N2O3/c1-28-21-14-12-20(13-15-21)25(17-19-9-5-4-6-10-19)23(27)18-24-16-8-3-2-7-11-22(24)26/h4-6,9-10,12-15H,2-3,7-8,11,16-18H2,1H3. The number of amides is 2. The van der Waals surface area contributed by atoms with Gasteiger partial charge in [-0.15, -0.1) is 0 Å². The predicted molar refractivity (Wildman–Crippen MR) is 110 cm³/mol. The lowest BCUT2D eigenvalue weighted by Crippen LogP contribution is -2.43. The predicted octanol–water partition coefficient (Wildman–Crippen LogP) is 4.02. The number of likely N-dealkylation sites (tertiary alicyclic amines) is 1. The monoisotopic (exact) mass is 380 g/mol. The van der Waals surface area contributed by atoms with E-state index in [1.807, 2.05) is 54.6 Å². The van der Waals surface area contributed by atoms with E-state index in [0.717, 1.165) is 42.7 Å². The minimum Gasteiger partial charge on any atom is -0.497 e. The average Bonchev–Trinajstić information content (AvgIpc) is 2.72. The summed E-state index contributed by atoms with van der Waals surface area (Å²) in [6.07, 6.45) is 4.62. The highest BCUT2D eigenvalue weighted by Crippen LogP contribution is 2.22. The zero-order valence-corrected chi connectivity index (χ0v) is 16.5. The molecule has 0 saturated carbocycles. The number of anilines is 1. The number of ether oxygens (including phenoxy) is 1. The van der Waals surface area contributed by atoms with Gasteiger partial charge in [-0.05, 0) is 42.7 Å². The van der Waals surface area contributed by atoms with Crippen LogP contribution in [-0.2, 0) is 16.1 Å². The molecule has 0 aliphatic carbocycles. The number of carbonyl (C=O) groups is 2. The van der Waals surface area contributed by atoms with E-state index in [1.54, 1.807) is 16.9 Å². The molecule has 148 valence electrons. The van der Waals surface area contributed by atoms with Gasteiger partial charge in [0.15, 0.2) is 0 Å². The number of nitrogens with zero attached hydrogens (tertiary/aromatic N) is 2. The van der Waals surface area contributed by atoms with Crippen molar-refractivity contribution in [3.63, 3.8) is 0 Å². The van der Waals surface area contributed by atoms with Crippen LogP contribution in [0.5, 0.6) is 5.75 Å². The topological polar surface area (TPSA) is 49.9 Å². The molecule has 2 aromatic rings. The number of carbonyl (C=O) groups excluding carboxylic acids is 2. The summed E-state index contributed by atoms with van der Waals surface area (Å²) in [5.41, 5.74) is 1.85. The first-order chi connectivity index (χ1) is 13.7. The van der Waals surface area contributed by atoms with Crippen LogP contribution in [0.25, 0.3) is 0 Å². The lowest BCUT2D eigenvalue weighted by atomic mass is 10.1. The molecule has 0 spiro atoms. The van der Waals surface area contributed by atoms with Crippen LogP contribution in [0.15, 0.2) is 54.6 Å². The van der Waals surface area contributed by atoms with Crippen LogP contribution >= 0.6 is 0 Å². The van der Waals surface area contributed by atoms with Gasteiger partial charge in [-0.1, -0.05) is 43.2 Å². The molecule has 28 heavy (non-hydrogen) atoms. The number of hydrogen-bond donors (Lipinski definition) is 0. The molecule has 5 heteroatoms. The molecule has 1 heterocycles. The Hall–Kier alpha value is -2.82. The molecule has 0 bridgehead atoms. The fourth-order valence-corrected chi connectivity index (χ4v) is 3.48. The summed E-state index contributed by atoms with van der Waals surface area (Å²) < 4.78 is 5.23. The summed E-state index contributed by atoms with van der Waals surface area (Å²) in [5, 5.41) is 0. The fraction of sp³-hybridized carbons (Fsp3) is 0.391. The van der Waals surface area contributed by atoms with Crippen LogP contribution in [0.2, 0.25) is 0 Å². The Labute approximate surface area is 166 Å². The van der Waals surface area contributed by atoms with Crippen molar-refractivity contribution in [1.82, 2.24) is 4.90 Å². The average molecular weight is 380 g/mol. The van der Waals surface area contributed by atoms with E-state index >= 15 is 0 Å². The van der Waals surface area contributed by atoms with Gasteiger partial charge < -0.3 is 14.5 Å². The molecule has 1 aliphatic rings. The molecule has 1 fully saturated rings. The number of methoxy groups -OCH3 is 1. The normalized spacial score (nSPS) is 14.9. The molecule has 0 N–H and O–H groups in total. The zero-order chi connectivity index (χ0) is 19.8. The molecular weight excluding hydrogens is 352 g/mol. The van der Waals surface area contributed by atoms with Gasteiger partial charge in [0.1, 0.15) is 12.3 Å². The van der Waals surface area contributed by atoms with Gasteiger partial charge in [0.05, 0.1) is 13.7 Å². The smallest absolute Gasteiger partial charge is 0.246 e. The van der Waals surface area contributed by atoms with Gasteiger partial charge in [0.25, 0.3) is 0 Å². The minimum atomic E-state index is -0.0667. The summed E-state index contributed by atoms with van der Waals surface area (Å²) in [6, 6.07) is 17.4. The lowest BCUT2D eigenvalue weighted by molar-refractivity contribution is -0.135. The summed E-state index contributed by atoms with van der Waals surface area (Å²) in [5.74, 6) is 0.764. The highest BCUT2D eigenvalue weighted by Gasteiger charge is 2.23. The van der Waals surface area contributed by atoms with Crippen LogP contribution in [0.1, 0.15) is 37.7 Å². The molecule has 5 nitrogen and oxygen atoms in total. The van der Waals surface area contributed by atoms with Gasteiger partial charge >= 0.3 is 0 Å². The first kappa shape index (κ1) is 19.9. The largest absolute Gasteiger partial charge is 0.497 e. The molecule has 1 aliphatic heterocycles. The Morgan fingerprint density at radius 2 is 1.71 bits per heavy atom. The Kier molecular flexibility index (Phi) is 7.06. The van der Waals surface area contributed by atoms with E-state index in [0.29, 0.717) is 19.5 Å². The van der Waals surface area contributed by atoms with E-state index in [9.17, 15) is 9.59 Å². The molecule has 0 unspecified atom stereocenters. The van der Waals surface area contributed by atoms with Gasteiger partial charge in [-0.3, -0.25) is 9.59 Å². The first-order valence-electron chi connectivity index (χ1n) is 9.93. The highest BCUT2D eigenvalue weighted by atomic mass is 16.5. The molecular formula is C23H28N2O3. The summed E-state index contributed by atoms with van der Waals surface area (Å²) in [4.78, 5) is 29.1. The van der Waals surface area contributed by atoms with E-state index in [1.165, 1.54) is 0 Å². The van der Waals surface area contributed by atoms with E-state index in [-0.39, 0.29) is 18.4 Å². The van der Waals surface area contributed by atoms with Crippen molar-refractivity contribution in [3.8, 4) is 5.75 Å². The van der Waals surface area contributed by atoms with Crippen molar-refractivity contribution < 1.29 is 14.3 Å². The lowest BCUT2D eigenvalue weighted by Gasteiger charge is -2.29. The van der Waals surface area contributed by atoms with Crippen LogP contribution < -0.4 is 9.64 Å². The maximum Gasteiger partial charge on any atom is 0.246 e.